The van der Waals surface area contributed by atoms with Crippen LogP contribution in [0.15, 0.2) is 0 Å². The number of H-pyrrole nitrogens is 1. The van der Waals surface area contributed by atoms with Crippen molar-refractivity contribution in [2.75, 3.05) is 31.2 Å². The molecule has 1 aromatic rings. The summed E-state index contributed by atoms with van der Waals surface area (Å²) < 4.78 is 12.0. The summed E-state index contributed by atoms with van der Waals surface area (Å²) >= 11 is 5.43. The lowest BCUT2D eigenvalue weighted by Crippen LogP contribution is -2.40. The average Bonchev–Trinajstić information content (AvgIpc) is 2.55. The molecule has 1 fully saturated rings. The number of aromatic nitrogens is 1. The number of anilines is 1. The predicted molar refractivity (Wildman–Crippen MR) is 86.6 cm³/mol. The molecule has 5 nitrogen and oxygen atoms in total. The summed E-state index contributed by atoms with van der Waals surface area (Å²) in [6.45, 7) is 7.82. The van der Waals surface area contributed by atoms with Crippen LogP contribution in [0.5, 0.6) is 0 Å². The Balaban J connectivity index is 2.11. The fraction of sp³-hybridized carbons (Fsp3) is 0.625. The van der Waals surface area contributed by atoms with E-state index in [9.17, 15) is 5.26 Å². The number of morpholine rings is 1. The zero-order valence-electron chi connectivity index (χ0n) is 13.1. The number of fused-ring (bicyclic) bond motifs is 1. The molecule has 1 unspecified atom stereocenters. The first kappa shape index (κ1) is 15.5. The Morgan fingerprint density at radius 3 is 2.73 bits per heavy atom. The van der Waals surface area contributed by atoms with Gasteiger partial charge in [0.05, 0.1) is 31.0 Å². The third kappa shape index (κ3) is 2.65. The highest BCUT2D eigenvalue weighted by Gasteiger charge is 2.34. The number of hydrogen-bond acceptors (Lipinski definition) is 5. The van der Waals surface area contributed by atoms with Gasteiger partial charge in [0.25, 0.3) is 0 Å². The van der Waals surface area contributed by atoms with Crippen LogP contribution in [-0.4, -0.2) is 36.9 Å². The van der Waals surface area contributed by atoms with Crippen molar-refractivity contribution in [2.45, 2.75) is 38.9 Å². The Morgan fingerprint density at radius 2 is 2.09 bits per heavy atom. The zero-order valence-corrected chi connectivity index (χ0v) is 13.9. The van der Waals surface area contributed by atoms with Gasteiger partial charge in [-0.1, -0.05) is 19.1 Å². The number of ether oxygens (including phenoxy) is 2. The molecule has 3 heterocycles. The number of aromatic amines is 1. The number of hydrogen-bond donors (Lipinski definition) is 1. The molecule has 0 aromatic carbocycles. The van der Waals surface area contributed by atoms with Crippen LogP contribution < -0.4 is 4.90 Å². The Labute approximate surface area is 135 Å². The number of rotatable bonds is 2. The van der Waals surface area contributed by atoms with Crippen LogP contribution in [0, 0.1) is 16.0 Å². The summed E-state index contributed by atoms with van der Waals surface area (Å²) in [5.41, 5.74) is 2.52. The van der Waals surface area contributed by atoms with Crippen LogP contribution in [0.3, 0.4) is 0 Å². The van der Waals surface area contributed by atoms with Gasteiger partial charge in [0.1, 0.15) is 16.5 Å². The van der Waals surface area contributed by atoms with E-state index in [1.54, 1.807) is 0 Å². The van der Waals surface area contributed by atoms with E-state index in [4.69, 9.17) is 21.7 Å². The van der Waals surface area contributed by atoms with E-state index in [0.29, 0.717) is 30.0 Å². The number of nitrogens with zero attached hydrogens (tertiary/aromatic N) is 2. The SMILES string of the molecule is CCC1(C)Cc2c(c(N3CCOCC3)[nH]c(=S)c2C#N)CO1. The predicted octanol–water partition coefficient (Wildman–Crippen LogP) is 2.69. The van der Waals surface area contributed by atoms with Gasteiger partial charge in [-0.25, -0.2) is 0 Å². The van der Waals surface area contributed by atoms with Gasteiger partial charge in [0, 0.05) is 25.1 Å². The minimum atomic E-state index is -0.218. The summed E-state index contributed by atoms with van der Waals surface area (Å²) in [5, 5.41) is 9.51. The van der Waals surface area contributed by atoms with Crippen LogP contribution in [-0.2, 0) is 22.5 Å². The molecular formula is C16H21N3O2S. The first-order valence-corrected chi connectivity index (χ1v) is 8.13. The average molecular weight is 319 g/mol. The third-order valence-electron chi connectivity index (χ3n) is 4.71. The van der Waals surface area contributed by atoms with Crippen LogP contribution in [0.25, 0.3) is 0 Å². The molecule has 1 N–H and O–H groups in total. The van der Waals surface area contributed by atoms with E-state index in [2.05, 4.69) is 29.8 Å². The molecule has 6 heteroatoms. The van der Waals surface area contributed by atoms with E-state index in [1.165, 1.54) is 0 Å². The number of nitrogens with one attached hydrogen (secondary N) is 1. The Kier molecular flexibility index (Phi) is 4.22. The van der Waals surface area contributed by atoms with Crippen molar-refractivity contribution in [1.82, 2.24) is 4.98 Å². The van der Waals surface area contributed by atoms with Crippen molar-refractivity contribution in [3.63, 3.8) is 0 Å². The highest BCUT2D eigenvalue weighted by molar-refractivity contribution is 7.71. The van der Waals surface area contributed by atoms with E-state index in [0.717, 1.165) is 42.9 Å². The van der Waals surface area contributed by atoms with E-state index in [-0.39, 0.29) is 5.60 Å². The Hall–Kier alpha value is -1.42. The first-order chi connectivity index (χ1) is 10.6. The highest BCUT2D eigenvalue weighted by atomic mass is 32.1. The van der Waals surface area contributed by atoms with E-state index in [1.807, 2.05) is 0 Å². The topological polar surface area (TPSA) is 61.3 Å². The van der Waals surface area contributed by atoms with Gasteiger partial charge in [-0.3, -0.25) is 0 Å². The quantitative estimate of drug-likeness (QED) is 0.849. The second-order valence-electron chi connectivity index (χ2n) is 6.11. The lowest BCUT2D eigenvalue weighted by molar-refractivity contribution is -0.0564. The Morgan fingerprint density at radius 1 is 1.36 bits per heavy atom. The van der Waals surface area contributed by atoms with Crippen molar-refractivity contribution in [3.05, 3.63) is 21.3 Å². The van der Waals surface area contributed by atoms with Crippen LogP contribution >= 0.6 is 12.2 Å². The molecule has 2 aliphatic rings. The van der Waals surface area contributed by atoms with Crippen molar-refractivity contribution in [1.29, 1.82) is 5.26 Å². The maximum Gasteiger partial charge on any atom is 0.123 e. The fourth-order valence-corrected chi connectivity index (χ4v) is 3.37. The van der Waals surface area contributed by atoms with Crippen LogP contribution in [0.4, 0.5) is 5.82 Å². The largest absolute Gasteiger partial charge is 0.378 e. The smallest absolute Gasteiger partial charge is 0.123 e. The number of pyridine rings is 1. The fourth-order valence-electron chi connectivity index (χ4n) is 3.10. The molecule has 118 valence electrons. The zero-order chi connectivity index (χ0) is 15.7. The molecule has 0 aliphatic carbocycles. The molecule has 2 aliphatic heterocycles. The highest BCUT2D eigenvalue weighted by Crippen LogP contribution is 2.36. The Bertz CT molecular complexity index is 673. The summed E-state index contributed by atoms with van der Waals surface area (Å²) in [6.07, 6.45) is 1.65. The van der Waals surface area contributed by atoms with Gasteiger partial charge in [-0.15, -0.1) is 0 Å². The number of nitriles is 1. The van der Waals surface area contributed by atoms with Crippen molar-refractivity contribution >= 4 is 18.0 Å². The van der Waals surface area contributed by atoms with E-state index < -0.39 is 0 Å². The molecule has 22 heavy (non-hydrogen) atoms. The molecular weight excluding hydrogens is 298 g/mol. The summed E-state index contributed by atoms with van der Waals surface area (Å²) in [6, 6.07) is 2.28. The lowest BCUT2D eigenvalue weighted by Gasteiger charge is -2.38. The normalized spacial score (nSPS) is 24.7. The second-order valence-corrected chi connectivity index (χ2v) is 6.52. The molecule has 1 aromatic heterocycles. The second kappa shape index (κ2) is 5.99. The van der Waals surface area contributed by atoms with Crippen LogP contribution in [0.2, 0.25) is 0 Å². The van der Waals surface area contributed by atoms with Crippen molar-refractivity contribution in [2.24, 2.45) is 0 Å². The van der Waals surface area contributed by atoms with Gasteiger partial charge in [0.15, 0.2) is 0 Å². The molecule has 0 spiro atoms. The molecule has 1 saturated heterocycles. The molecule has 0 saturated carbocycles. The summed E-state index contributed by atoms with van der Waals surface area (Å²) in [5.74, 6) is 1.00. The molecule has 0 amide bonds. The maximum atomic E-state index is 9.51. The van der Waals surface area contributed by atoms with E-state index >= 15 is 0 Å². The van der Waals surface area contributed by atoms with Gasteiger partial charge in [-0.05, 0) is 18.9 Å². The van der Waals surface area contributed by atoms with Crippen molar-refractivity contribution in [3.8, 4) is 6.07 Å². The molecule has 0 radical (unpaired) electrons. The van der Waals surface area contributed by atoms with Gasteiger partial charge in [0.2, 0.25) is 0 Å². The molecule has 3 rings (SSSR count). The summed E-state index contributed by atoms with van der Waals surface area (Å²) in [7, 11) is 0. The molecule has 0 bridgehead atoms. The standard InChI is InChI=1S/C16H21N3O2S/c1-3-16(2)8-11-12(9-17)15(22)18-14(13(11)10-21-16)19-4-6-20-7-5-19/h3-8,10H2,1-2H3,(H,18,22). The minimum Gasteiger partial charge on any atom is -0.378 e. The third-order valence-corrected chi connectivity index (χ3v) is 5.02. The first-order valence-electron chi connectivity index (χ1n) is 7.73. The van der Waals surface area contributed by atoms with Gasteiger partial charge in [-0.2, -0.15) is 5.26 Å². The van der Waals surface area contributed by atoms with Crippen LogP contribution in [0.1, 0.15) is 37.0 Å². The van der Waals surface area contributed by atoms with Crippen molar-refractivity contribution < 1.29 is 9.47 Å². The minimum absolute atomic E-state index is 0.218. The maximum absolute atomic E-state index is 9.51. The monoisotopic (exact) mass is 319 g/mol. The summed E-state index contributed by atoms with van der Waals surface area (Å²) in [4.78, 5) is 5.50. The molecule has 1 atom stereocenters. The van der Waals surface area contributed by atoms with Gasteiger partial charge < -0.3 is 19.4 Å². The van der Waals surface area contributed by atoms with Gasteiger partial charge >= 0.3 is 0 Å². The lowest BCUT2D eigenvalue weighted by atomic mass is 9.86.